The molecule has 0 heterocycles. The van der Waals surface area contributed by atoms with Crippen LogP contribution in [0.15, 0.2) is 82.1 Å². The van der Waals surface area contributed by atoms with Crippen LogP contribution in [0, 0.1) is 22.7 Å². The lowest BCUT2D eigenvalue weighted by atomic mass is 9.45. The SMILES string of the molecule is C[C@]12C=CC(=O)C=C1CC[C@H]1[C@@H]3CC[C@@](OC(=O)c4ccc(Sc5ccc(O)cc5)cc4)(C(=O)O)[C@@]3(C)C[C@H](O)C12F. The van der Waals surface area contributed by atoms with Gasteiger partial charge in [0.1, 0.15) is 5.75 Å². The number of phenolic OH excluding ortho intramolecular Hbond substituents is 1. The standard InChI is InChI=1S/C33H33FO7S/c1-30-15-13-22(36)17-20(30)5-12-26-25-14-16-32(29(39)40,31(25,2)18-27(37)33(26,30)34)41-28(38)19-3-8-23(9-4-19)42-24-10-6-21(35)7-11-24/h3-4,6-11,13,15,17,25-27,35,37H,5,12,14,16,18H2,1-2H3,(H,39,40)/t25-,26-,27-,30-,31-,32+,33?/m0/s1. The van der Waals surface area contributed by atoms with Crippen molar-refractivity contribution in [1.29, 1.82) is 0 Å². The third-order valence-electron chi connectivity index (χ3n) is 10.5. The minimum atomic E-state index is -2.10. The summed E-state index contributed by atoms with van der Waals surface area (Å²) in [5, 5.41) is 31.6. The van der Waals surface area contributed by atoms with E-state index in [1.165, 1.54) is 23.9 Å². The summed E-state index contributed by atoms with van der Waals surface area (Å²) < 4.78 is 23.3. The number of aliphatic hydroxyl groups is 1. The van der Waals surface area contributed by atoms with E-state index in [0.717, 1.165) is 9.79 Å². The van der Waals surface area contributed by atoms with Gasteiger partial charge in [-0.2, -0.15) is 0 Å². The molecule has 3 N–H and O–H groups in total. The minimum Gasteiger partial charge on any atom is -0.508 e. The topological polar surface area (TPSA) is 121 Å². The van der Waals surface area contributed by atoms with Crippen molar-refractivity contribution in [2.24, 2.45) is 22.7 Å². The summed E-state index contributed by atoms with van der Waals surface area (Å²) in [5.41, 5.74) is -5.60. The van der Waals surface area contributed by atoms with E-state index in [2.05, 4.69) is 0 Å². The summed E-state index contributed by atoms with van der Waals surface area (Å²) in [5.74, 6) is -3.27. The Morgan fingerprint density at radius 3 is 2.29 bits per heavy atom. The molecule has 0 bridgehead atoms. The highest BCUT2D eigenvalue weighted by Crippen LogP contribution is 2.70. The Morgan fingerprint density at radius 1 is 1.00 bits per heavy atom. The highest BCUT2D eigenvalue weighted by Gasteiger charge is 2.76. The number of alkyl halides is 1. The van der Waals surface area contributed by atoms with Gasteiger partial charge in [-0.15, -0.1) is 0 Å². The van der Waals surface area contributed by atoms with Gasteiger partial charge in [0.25, 0.3) is 0 Å². The van der Waals surface area contributed by atoms with Gasteiger partial charge in [0.15, 0.2) is 11.5 Å². The number of phenols is 1. The molecule has 7 atom stereocenters. The zero-order chi connectivity index (χ0) is 30.1. The van der Waals surface area contributed by atoms with Crippen molar-refractivity contribution in [3.63, 3.8) is 0 Å². The maximum atomic E-state index is 17.3. The maximum Gasteiger partial charge on any atom is 0.348 e. The van der Waals surface area contributed by atoms with Crippen LogP contribution in [-0.2, 0) is 14.3 Å². The first-order valence-corrected chi connectivity index (χ1v) is 15.0. The van der Waals surface area contributed by atoms with E-state index >= 15 is 4.39 Å². The van der Waals surface area contributed by atoms with Crippen LogP contribution < -0.4 is 0 Å². The van der Waals surface area contributed by atoms with E-state index in [-0.39, 0.29) is 29.9 Å². The Balaban J connectivity index is 1.27. The zero-order valence-electron chi connectivity index (χ0n) is 23.4. The molecular formula is C33H33FO7S. The molecule has 3 saturated carbocycles. The molecule has 1 unspecified atom stereocenters. The van der Waals surface area contributed by atoms with Gasteiger partial charge in [0.2, 0.25) is 5.60 Å². The lowest BCUT2D eigenvalue weighted by Gasteiger charge is -2.62. The molecule has 9 heteroatoms. The number of carboxylic acid groups (broad SMARTS) is 1. The van der Waals surface area contributed by atoms with Gasteiger partial charge in [-0.3, -0.25) is 4.79 Å². The first kappa shape index (κ1) is 28.7. The fourth-order valence-electron chi connectivity index (χ4n) is 8.29. The molecule has 0 saturated heterocycles. The highest BCUT2D eigenvalue weighted by molar-refractivity contribution is 7.99. The molecule has 42 heavy (non-hydrogen) atoms. The zero-order valence-corrected chi connectivity index (χ0v) is 24.2. The van der Waals surface area contributed by atoms with E-state index in [9.17, 15) is 29.7 Å². The van der Waals surface area contributed by atoms with Gasteiger partial charge in [-0.1, -0.05) is 30.3 Å². The Labute approximate surface area is 247 Å². The van der Waals surface area contributed by atoms with Gasteiger partial charge < -0.3 is 20.1 Å². The van der Waals surface area contributed by atoms with Crippen molar-refractivity contribution >= 4 is 29.5 Å². The second kappa shape index (κ2) is 9.81. The number of benzene rings is 2. The number of rotatable bonds is 5. The first-order valence-electron chi connectivity index (χ1n) is 14.2. The summed E-state index contributed by atoms with van der Waals surface area (Å²) in [6.07, 6.45) is 3.82. The number of aromatic hydroxyl groups is 1. The number of carboxylic acids is 1. The fourth-order valence-corrected chi connectivity index (χ4v) is 9.10. The van der Waals surface area contributed by atoms with Crippen LogP contribution >= 0.6 is 11.8 Å². The Hall–Kier alpha value is -3.43. The van der Waals surface area contributed by atoms with Crippen molar-refractivity contribution in [3.05, 3.63) is 77.9 Å². The van der Waals surface area contributed by atoms with Crippen molar-refractivity contribution in [2.45, 2.75) is 73.1 Å². The van der Waals surface area contributed by atoms with Crippen LogP contribution in [0.2, 0.25) is 0 Å². The highest BCUT2D eigenvalue weighted by atomic mass is 32.2. The summed E-state index contributed by atoms with van der Waals surface area (Å²) in [7, 11) is 0. The third kappa shape index (κ3) is 4.00. The molecule has 0 aromatic heterocycles. The van der Waals surface area contributed by atoms with Crippen LogP contribution in [0.1, 0.15) is 56.3 Å². The lowest BCUT2D eigenvalue weighted by molar-refractivity contribution is -0.222. The average Bonchev–Trinajstić information content (AvgIpc) is 3.24. The van der Waals surface area contributed by atoms with Crippen LogP contribution in [0.4, 0.5) is 4.39 Å². The Morgan fingerprint density at radius 2 is 1.64 bits per heavy atom. The number of hydrogen-bond donors (Lipinski definition) is 3. The molecule has 4 aliphatic rings. The normalized spacial score (nSPS) is 36.8. The quantitative estimate of drug-likeness (QED) is 0.368. The minimum absolute atomic E-state index is 0.0110. The number of halogens is 1. The third-order valence-corrected chi connectivity index (χ3v) is 11.6. The molecule has 0 amide bonds. The van der Waals surface area contributed by atoms with Crippen molar-refractivity contribution in [1.82, 2.24) is 0 Å². The van der Waals surface area contributed by atoms with E-state index < -0.39 is 52.0 Å². The molecule has 7 nitrogen and oxygen atoms in total. The molecule has 3 fully saturated rings. The van der Waals surface area contributed by atoms with Crippen molar-refractivity contribution in [2.75, 3.05) is 0 Å². The van der Waals surface area contributed by atoms with Crippen molar-refractivity contribution in [3.8, 4) is 5.75 Å². The number of fused-ring (bicyclic) bond motifs is 5. The van der Waals surface area contributed by atoms with Gasteiger partial charge in [0, 0.05) is 26.5 Å². The Bertz CT molecular complexity index is 1520. The molecular weight excluding hydrogens is 559 g/mol. The van der Waals surface area contributed by atoms with E-state index in [1.54, 1.807) is 68.5 Å². The van der Waals surface area contributed by atoms with Gasteiger partial charge >= 0.3 is 11.9 Å². The number of esters is 1. The number of allylic oxidation sites excluding steroid dienone is 4. The van der Waals surface area contributed by atoms with Gasteiger partial charge in [-0.25, -0.2) is 14.0 Å². The first-order chi connectivity index (χ1) is 19.8. The van der Waals surface area contributed by atoms with E-state index in [0.29, 0.717) is 24.8 Å². The summed E-state index contributed by atoms with van der Waals surface area (Å²) in [6.45, 7) is 3.42. The molecule has 4 aliphatic carbocycles. The largest absolute Gasteiger partial charge is 0.508 e. The second-order valence-corrected chi connectivity index (χ2v) is 13.6. The lowest BCUT2D eigenvalue weighted by Crippen LogP contribution is -2.69. The van der Waals surface area contributed by atoms with Gasteiger partial charge in [-0.05, 0) is 106 Å². The van der Waals surface area contributed by atoms with Gasteiger partial charge in [0.05, 0.1) is 11.7 Å². The maximum absolute atomic E-state index is 17.3. The van der Waals surface area contributed by atoms with E-state index in [4.69, 9.17) is 4.74 Å². The molecule has 0 radical (unpaired) electrons. The number of hydrogen-bond acceptors (Lipinski definition) is 7. The molecule has 2 aromatic carbocycles. The van der Waals surface area contributed by atoms with Crippen molar-refractivity contribution < 1.29 is 38.8 Å². The molecule has 220 valence electrons. The predicted molar refractivity (Wildman–Crippen MR) is 153 cm³/mol. The van der Waals surface area contributed by atoms with Crippen LogP contribution in [0.5, 0.6) is 5.75 Å². The fraction of sp³-hybridized carbons (Fsp3) is 0.424. The second-order valence-electron chi connectivity index (χ2n) is 12.4. The number of ether oxygens (including phenoxy) is 1. The molecule has 6 rings (SSSR count). The Kier molecular flexibility index (Phi) is 6.70. The predicted octanol–water partition coefficient (Wildman–Crippen LogP) is 5.89. The number of carbonyl (C=O) groups is 3. The van der Waals surface area contributed by atoms with Crippen LogP contribution in [-0.4, -0.2) is 50.4 Å². The number of aliphatic hydroxyl groups excluding tert-OH is 1. The van der Waals surface area contributed by atoms with Crippen LogP contribution in [0.25, 0.3) is 0 Å². The number of ketones is 1. The number of carbonyl (C=O) groups excluding carboxylic acids is 2. The number of aliphatic carboxylic acids is 1. The monoisotopic (exact) mass is 592 g/mol. The molecule has 0 aliphatic heterocycles. The summed E-state index contributed by atoms with van der Waals surface area (Å²) >= 11 is 1.44. The smallest absolute Gasteiger partial charge is 0.348 e. The molecule has 2 aromatic rings. The summed E-state index contributed by atoms with van der Waals surface area (Å²) in [6, 6.07) is 13.3. The van der Waals surface area contributed by atoms with E-state index in [1.807, 2.05) is 0 Å². The summed E-state index contributed by atoms with van der Waals surface area (Å²) in [4.78, 5) is 40.2. The molecule has 0 spiro atoms. The van der Waals surface area contributed by atoms with Crippen LogP contribution in [0.3, 0.4) is 0 Å². The average molecular weight is 593 g/mol.